The van der Waals surface area contributed by atoms with Gasteiger partial charge in [0.15, 0.2) is 0 Å². The highest BCUT2D eigenvalue weighted by atomic mass is 32.2. The van der Waals surface area contributed by atoms with Gasteiger partial charge in [0.25, 0.3) is 0 Å². The molecule has 0 unspecified atom stereocenters. The summed E-state index contributed by atoms with van der Waals surface area (Å²) in [5.74, 6) is -1.19. The van der Waals surface area contributed by atoms with Crippen LogP contribution in [0.25, 0.3) is 0 Å². The van der Waals surface area contributed by atoms with Crippen LogP contribution in [0, 0.1) is 6.92 Å². The van der Waals surface area contributed by atoms with Crippen molar-refractivity contribution in [2.24, 2.45) is 5.73 Å². The molecule has 4 N–H and O–H groups in total. The largest absolute Gasteiger partial charge is 0.495 e. The van der Waals surface area contributed by atoms with Crippen LogP contribution in [0.4, 0.5) is 36.3 Å². The number of amides is 1. The number of benzene rings is 2. The molecule has 1 heterocycles. The first-order valence-electron chi connectivity index (χ1n) is 10.7. The molecule has 0 saturated heterocycles. The Kier molecular flexibility index (Phi) is 7.81. The van der Waals surface area contributed by atoms with Crippen LogP contribution in [0.5, 0.6) is 5.75 Å². The van der Waals surface area contributed by atoms with Gasteiger partial charge in [-0.1, -0.05) is 12.1 Å². The number of halogens is 3. The molecule has 1 amide bonds. The number of nitrogens with zero attached hydrogens (tertiary/aromatic N) is 3. The number of aromatic nitrogens is 2. The Morgan fingerprint density at radius 2 is 1.89 bits per heavy atom. The van der Waals surface area contributed by atoms with E-state index < -0.39 is 33.5 Å². The summed E-state index contributed by atoms with van der Waals surface area (Å²) in [6.45, 7) is 1.61. The lowest BCUT2D eigenvalue weighted by molar-refractivity contribution is -0.137. The molecule has 0 saturated carbocycles. The maximum Gasteiger partial charge on any atom is 0.421 e. The number of alkyl halides is 3. The van der Waals surface area contributed by atoms with Crippen molar-refractivity contribution < 1.29 is 31.1 Å². The third-order valence-electron chi connectivity index (χ3n) is 5.35. The normalized spacial score (nSPS) is 11.6. The van der Waals surface area contributed by atoms with Gasteiger partial charge in [-0.3, -0.25) is 9.10 Å². The molecule has 0 radical (unpaired) electrons. The van der Waals surface area contributed by atoms with E-state index in [2.05, 4.69) is 20.6 Å². The van der Waals surface area contributed by atoms with Crippen molar-refractivity contribution in [1.29, 1.82) is 0 Å². The SMILES string of the molecule is COc1cc(C(N)=O)ccc1Nc1ncc(C(F)(F)F)c(NCc2ccc(C)cc2N(C)S(C)(=O)=O)n1. The summed E-state index contributed by atoms with van der Waals surface area (Å²) in [7, 11) is -0.912. The molecule has 3 rings (SSSR count). The minimum Gasteiger partial charge on any atom is -0.495 e. The Balaban J connectivity index is 1.97. The monoisotopic (exact) mass is 538 g/mol. The number of carbonyl (C=O) groups is 1. The summed E-state index contributed by atoms with van der Waals surface area (Å²) < 4.78 is 71.5. The predicted octanol–water partition coefficient (Wildman–Crippen LogP) is 3.66. The summed E-state index contributed by atoms with van der Waals surface area (Å²) in [4.78, 5) is 19.2. The number of methoxy groups -OCH3 is 1. The van der Waals surface area contributed by atoms with Gasteiger partial charge in [-0.05, 0) is 42.3 Å². The van der Waals surface area contributed by atoms with Crippen LogP contribution in [0.1, 0.15) is 27.0 Å². The van der Waals surface area contributed by atoms with Gasteiger partial charge in [0, 0.05) is 25.4 Å². The van der Waals surface area contributed by atoms with Gasteiger partial charge < -0.3 is 21.1 Å². The van der Waals surface area contributed by atoms with Crippen LogP contribution in [-0.4, -0.2) is 44.7 Å². The number of primary amides is 1. The lowest BCUT2D eigenvalue weighted by Gasteiger charge is -2.22. The van der Waals surface area contributed by atoms with E-state index in [9.17, 15) is 26.4 Å². The third kappa shape index (κ3) is 6.58. The highest BCUT2D eigenvalue weighted by Gasteiger charge is 2.35. The average molecular weight is 539 g/mol. The van der Waals surface area contributed by atoms with Gasteiger partial charge in [0.05, 0.1) is 24.7 Å². The summed E-state index contributed by atoms with van der Waals surface area (Å²) >= 11 is 0. The van der Waals surface area contributed by atoms with Crippen LogP contribution >= 0.6 is 0 Å². The van der Waals surface area contributed by atoms with Crippen molar-refractivity contribution in [2.45, 2.75) is 19.6 Å². The summed E-state index contributed by atoms with van der Waals surface area (Å²) in [6, 6.07) is 9.19. The highest BCUT2D eigenvalue weighted by molar-refractivity contribution is 7.92. The fraction of sp³-hybridized carbons (Fsp3) is 0.261. The first-order chi connectivity index (χ1) is 17.2. The lowest BCUT2D eigenvalue weighted by atomic mass is 10.1. The Bertz CT molecular complexity index is 1430. The van der Waals surface area contributed by atoms with Crippen LogP contribution < -0.4 is 25.4 Å². The zero-order chi connectivity index (χ0) is 27.5. The first-order valence-corrected chi connectivity index (χ1v) is 12.5. The van der Waals surface area contributed by atoms with Crippen LogP contribution in [0.15, 0.2) is 42.6 Å². The second-order valence-corrected chi connectivity index (χ2v) is 10.1. The maximum atomic E-state index is 13.7. The maximum absolute atomic E-state index is 13.7. The molecule has 0 fully saturated rings. The van der Waals surface area contributed by atoms with Crippen LogP contribution in [-0.2, 0) is 22.7 Å². The molecule has 1 aromatic heterocycles. The van der Waals surface area contributed by atoms with E-state index >= 15 is 0 Å². The smallest absolute Gasteiger partial charge is 0.421 e. The lowest BCUT2D eigenvalue weighted by Crippen LogP contribution is -2.26. The Morgan fingerprint density at radius 1 is 1.19 bits per heavy atom. The number of hydrogen-bond acceptors (Lipinski definition) is 8. The van der Waals surface area contributed by atoms with Gasteiger partial charge in [-0.2, -0.15) is 18.2 Å². The van der Waals surface area contributed by atoms with E-state index in [0.29, 0.717) is 17.4 Å². The number of rotatable bonds is 9. The van der Waals surface area contributed by atoms with Crippen molar-refractivity contribution in [3.05, 3.63) is 64.8 Å². The number of aryl methyl sites for hydroxylation is 1. The number of sulfonamides is 1. The van der Waals surface area contributed by atoms with Gasteiger partial charge >= 0.3 is 6.18 Å². The number of hydrogen-bond donors (Lipinski definition) is 3. The molecule has 2 aromatic carbocycles. The number of ether oxygens (including phenoxy) is 1. The van der Waals surface area contributed by atoms with Crippen molar-refractivity contribution in [3.63, 3.8) is 0 Å². The molecule has 0 spiro atoms. The van der Waals surface area contributed by atoms with E-state index in [1.54, 1.807) is 25.1 Å². The highest BCUT2D eigenvalue weighted by Crippen LogP contribution is 2.35. The van der Waals surface area contributed by atoms with Gasteiger partial charge in [0.2, 0.25) is 21.9 Å². The minimum absolute atomic E-state index is 0.161. The van der Waals surface area contributed by atoms with Gasteiger partial charge in [-0.25, -0.2) is 13.4 Å². The van der Waals surface area contributed by atoms with E-state index in [0.717, 1.165) is 16.1 Å². The predicted molar refractivity (Wildman–Crippen MR) is 134 cm³/mol. The Hall–Kier alpha value is -4.07. The van der Waals surface area contributed by atoms with E-state index in [-0.39, 0.29) is 29.5 Å². The molecule has 198 valence electrons. The van der Waals surface area contributed by atoms with E-state index in [4.69, 9.17) is 10.5 Å². The molecule has 10 nitrogen and oxygen atoms in total. The molecule has 3 aromatic rings. The standard InChI is InChI=1S/C23H25F3N6O4S/c1-13-5-6-15(18(9-13)32(2)37(4,34)35)11-28-21-16(23(24,25)26)12-29-22(31-21)30-17-8-7-14(20(27)33)10-19(17)36-3/h5-10,12H,11H2,1-4H3,(H2,27,33)(H2,28,29,30,31). The summed E-state index contributed by atoms with van der Waals surface area (Å²) in [5, 5.41) is 5.43. The Morgan fingerprint density at radius 3 is 2.49 bits per heavy atom. The topological polar surface area (TPSA) is 140 Å². The third-order valence-corrected chi connectivity index (χ3v) is 6.54. The second kappa shape index (κ2) is 10.5. The molecule has 37 heavy (non-hydrogen) atoms. The first kappa shape index (κ1) is 27.5. The fourth-order valence-corrected chi connectivity index (χ4v) is 3.85. The molecule has 0 atom stereocenters. The van der Waals surface area contributed by atoms with Crippen LogP contribution in [0.3, 0.4) is 0 Å². The molecule has 0 bridgehead atoms. The van der Waals surface area contributed by atoms with E-state index in [1.165, 1.54) is 32.4 Å². The van der Waals surface area contributed by atoms with Gasteiger partial charge in [-0.15, -0.1) is 0 Å². The van der Waals surface area contributed by atoms with Crippen molar-refractivity contribution in [3.8, 4) is 5.75 Å². The average Bonchev–Trinajstić information content (AvgIpc) is 2.81. The molecular formula is C23H25F3N6O4S. The number of anilines is 4. The quantitative estimate of drug-likeness (QED) is 0.375. The molecular weight excluding hydrogens is 513 g/mol. The van der Waals surface area contributed by atoms with Gasteiger partial charge in [0.1, 0.15) is 17.1 Å². The molecule has 0 aliphatic rings. The summed E-state index contributed by atoms with van der Waals surface area (Å²) in [6.07, 6.45) is -3.11. The minimum atomic E-state index is -4.76. The second-order valence-electron chi connectivity index (χ2n) is 8.07. The number of carbonyl (C=O) groups excluding carboxylic acids is 1. The van der Waals surface area contributed by atoms with Crippen molar-refractivity contribution in [2.75, 3.05) is 35.4 Å². The zero-order valence-electron chi connectivity index (χ0n) is 20.3. The van der Waals surface area contributed by atoms with E-state index in [1.807, 2.05) is 0 Å². The molecule has 14 heteroatoms. The fourth-order valence-electron chi connectivity index (χ4n) is 3.33. The number of nitrogens with one attached hydrogen (secondary N) is 2. The zero-order valence-corrected chi connectivity index (χ0v) is 21.2. The number of nitrogens with two attached hydrogens (primary N) is 1. The Labute approximate surface area is 211 Å². The van der Waals surface area contributed by atoms with Crippen LogP contribution in [0.2, 0.25) is 0 Å². The molecule has 0 aliphatic carbocycles. The van der Waals surface area contributed by atoms with Crippen molar-refractivity contribution in [1.82, 2.24) is 9.97 Å². The molecule has 0 aliphatic heterocycles. The van der Waals surface area contributed by atoms with Crippen molar-refractivity contribution >= 4 is 39.1 Å². The summed E-state index contributed by atoms with van der Waals surface area (Å²) in [5.41, 5.74) is 6.14.